The Labute approximate surface area is 172 Å². The van der Waals surface area contributed by atoms with E-state index in [9.17, 15) is 0 Å². The first-order chi connectivity index (χ1) is 12.2. The molecular weight excluding hydrogens is 383 g/mol. The Hall–Kier alpha value is -2.00. The minimum atomic E-state index is 0. The number of benzene rings is 1. The molecule has 7 heteroatoms. The van der Waals surface area contributed by atoms with Gasteiger partial charge >= 0.3 is 0 Å². The number of ether oxygens (including phenoxy) is 1. The molecule has 144 valence electrons. The molecule has 2 aromatic rings. The Kier molecular flexibility index (Phi) is 6.94. The third-order valence-corrected chi connectivity index (χ3v) is 5.55. The number of likely N-dealkylation sites (tertiary alicyclic amines) is 1. The quantitative estimate of drug-likeness (QED) is 0.779. The van der Waals surface area contributed by atoms with Gasteiger partial charge in [0.1, 0.15) is 17.6 Å². The SMILES string of the molecule is COc1ccc([C@H]2[C@@H]3CN(c4ccc(C#N)cn4)C[C@@H]3CN2C)cc1.Cl.Cl. The molecule has 0 N–H and O–H groups in total. The molecule has 3 heterocycles. The molecule has 2 aliphatic rings. The lowest BCUT2D eigenvalue weighted by atomic mass is 9.89. The van der Waals surface area contributed by atoms with Gasteiger partial charge in [-0.25, -0.2) is 4.98 Å². The molecular formula is C20H24Cl2N4O. The predicted molar refractivity (Wildman–Crippen MR) is 111 cm³/mol. The first-order valence-electron chi connectivity index (χ1n) is 8.65. The molecule has 5 nitrogen and oxygen atoms in total. The van der Waals surface area contributed by atoms with Crippen molar-refractivity contribution in [2.24, 2.45) is 11.8 Å². The number of anilines is 1. The van der Waals surface area contributed by atoms with Crippen molar-refractivity contribution in [1.82, 2.24) is 9.88 Å². The summed E-state index contributed by atoms with van der Waals surface area (Å²) in [5.41, 5.74) is 1.96. The Bertz CT molecular complexity index is 791. The molecule has 1 aromatic heterocycles. The average molecular weight is 407 g/mol. The third kappa shape index (κ3) is 3.98. The van der Waals surface area contributed by atoms with E-state index in [4.69, 9.17) is 10.00 Å². The zero-order valence-corrected chi connectivity index (χ0v) is 17.0. The normalized spacial score (nSPS) is 23.7. The van der Waals surface area contributed by atoms with Gasteiger partial charge in [-0.2, -0.15) is 5.26 Å². The van der Waals surface area contributed by atoms with Crippen LogP contribution >= 0.6 is 24.8 Å². The summed E-state index contributed by atoms with van der Waals surface area (Å²) in [6.07, 6.45) is 1.66. The molecule has 27 heavy (non-hydrogen) atoms. The predicted octanol–water partition coefficient (Wildman–Crippen LogP) is 3.54. The van der Waals surface area contributed by atoms with E-state index in [1.165, 1.54) is 5.56 Å². The maximum atomic E-state index is 8.93. The van der Waals surface area contributed by atoms with E-state index in [1.807, 2.05) is 24.3 Å². The zero-order valence-electron chi connectivity index (χ0n) is 15.4. The maximum absolute atomic E-state index is 8.93. The van der Waals surface area contributed by atoms with E-state index < -0.39 is 0 Å². The number of pyridine rings is 1. The second kappa shape index (κ2) is 8.79. The summed E-state index contributed by atoms with van der Waals surface area (Å²) < 4.78 is 5.29. The van der Waals surface area contributed by atoms with Crippen LogP contribution in [0, 0.1) is 23.2 Å². The van der Waals surface area contributed by atoms with Crippen molar-refractivity contribution < 1.29 is 4.74 Å². The van der Waals surface area contributed by atoms with Crippen LogP contribution in [-0.2, 0) is 0 Å². The largest absolute Gasteiger partial charge is 0.497 e. The van der Waals surface area contributed by atoms with Crippen LogP contribution in [0.1, 0.15) is 17.2 Å². The standard InChI is InChI=1S/C20H22N4O.2ClH/c1-23-11-16-12-24(19-8-3-14(9-21)10-22-19)13-18(16)20(23)15-4-6-17(25-2)7-5-15;;/h3-8,10,16,18,20H,11-13H2,1-2H3;2*1H/t16-,18+,20-;;/m0../s1. The van der Waals surface area contributed by atoms with Crippen LogP contribution in [0.2, 0.25) is 0 Å². The number of nitriles is 1. The third-order valence-electron chi connectivity index (χ3n) is 5.55. The van der Waals surface area contributed by atoms with Gasteiger partial charge in [0.2, 0.25) is 0 Å². The van der Waals surface area contributed by atoms with Gasteiger partial charge in [-0.15, -0.1) is 24.8 Å². The van der Waals surface area contributed by atoms with Crippen LogP contribution in [0.15, 0.2) is 42.6 Å². The van der Waals surface area contributed by atoms with Crippen LogP contribution in [0.3, 0.4) is 0 Å². The maximum Gasteiger partial charge on any atom is 0.128 e. The second-order valence-electron chi connectivity index (χ2n) is 7.00. The molecule has 0 radical (unpaired) electrons. The molecule has 2 aliphatic heterocycles. The fourth-order valence-electron chi connectivity index (χ4n) is 4.39. The van der Waals surface area contributed by atoms with Gasteiger partial charge in [0.05, 0.1) is 12.7 Å². The highest BCUT2D eigenvalue weighted by atomic mass is 35.5. The van der Waals surface area contributed by atoms with Gasteiger partial charge in [-0.1, -0.05) is 12.1 Å². The minimum Gasteiger partial charge on any atom is -0.497 e. The van der Waals surface area contributed by atoms with Crippen LogP contribution in [0.5, 0.6) is 5.75 Å². The van der Waals surface area contributed by atoms with Gasteiger partial charge in [0, 0.05) is 37.8 Å². The number of hydrogen-bond acceptors (Lipinski definition) is 5. The van der Waals surface area contributed by atoms with Crippen molar-refractivity contribution in [2.75, 3.05) is 38.7 Å². The molecule has 0 saturated carbocycles. The molecule has 4 rings (SSSR count). The van der Waals surface area contributed by atoms with E-state index in [1.54, 1.807) is 13.3 Å². The highest BCUT2D eigenvalue weighted by molar-refractivity contribution is 5.85. The van der Waals surface area contributed by atoms with Crippen molar-refractivity contribution in [1.29, 1.82) is 5.26 Å². The highest BCUT2D eigenvalue weighted by Gasteiger charge is 2.46. The van der Waals surface area contributed by atoms with Gasteiger partial charge in [0.25, 0.3) is 0 Å². The zero-order chi connectivity index (χ0) is 17.4. The lowest BCUT2D eigenvalue weighted by molar-refractivity contribution is 0.279. The fraction of sp³-hybridized carbons (Fsp3) is 0.400. The number of aromatic nitrogens is 1. The Morgan fingerprint density at radius 2 is 1.81 bits per heavy atom. The summed E-state index contributed by atoms with van der Waals surface area (Å²) in [5, 5.41) is 8.93. The highest BCUT2D eigenvalue weighted by Crippen LogP contribution is 2.45. The molecule has 1 aromatic carbocycles. The van der Waals surface area contributed by atoms with Gasteiger partial charge in [-0.05, 0) is 42.8 Å². The van der Waals surface area contributed by atoms with Crippen molar-refractivity contribution in [3.05, 3.63) is 53.7 Å². The monoisotopic (exact) mass is 406 g/mol. The van der Waals surface area contributed by atoms with Crippen molar-refractivity contribution in [3.8, 4) is 11.8 Å². The number of hydrogen-bond donors (Lipinski definition) is 0. The minimum absolute atomic E-state index is 0. The van der Waals surface area contributed by atoms with Crippen molar-refractivity contribution in [2.45, 2.75) is 6.04 Å². The van der Waals surface area contributed by atoms with E-state index in [2.05, 4.69) is 40.0 Å². The lowest BCUT2D eigenvalue weighted by Crippen LogP contribution is -2.29. The summed E-state index contributed by atoms with van der Waals surface area (Å²) in [7, 11) is 3.92. The molecule has 0 amide bonds. The average Bonchev–Trinajstić information content (AvgIpc) is 3.18. The van der Waals surface area contributed by atoms with Gasteiger partial charge < -0.3 is 9.64 Å². The van der Waals surface area contributed by atoms with Crippen LogP contribution in [0.4, 0.5) is 5.82 Å². The molecule has 0 bridgehead atoms. The van der Waals surface area contributed by atoms with E-state index in [0.717, 1.165) is 31.2 Å². The number of rotatable bonds is 3. The molecule has 2 fully saturated rings. The summed E-state index contributed by atoms with van der Waals surface area (Å²) in [6, 6.07) is 14.8. The first kappa shape index (κ1) is 21.3. The van der Waals surface area contributed by atoms with E-state index >= 15 is 0 Å². The fourth-order valence-corrected chi connectivity index (χ4v) is 4.39. The molecule has 2 saturated heterocycles. The summed E-state index contributed by atoms with van der Waals surface area (Å²) in [6.45, 7) is 3.14. The Morgan fingerprint density at radius 1 is 1.07 bits per heavy atom. The Balaban J connectivity index is 0.00000131. The van der Waals surface area contributed by atoms with E-state index in [0.29, 0.717) is 23.4 Å². The van der Waals surface area contributed by atoms with Gasteiger partial charge in [0.15, 0.2) is 0 Å². The van der Waals surface area contributed by atoms with Gasteiger partial charge in [-0.3, -0.25) is 4.90 Å². The van der Waals surface area contributed by atoms with Crippen LogP contribution in [-0.4, -0.2) is 43.7 Å². The molecule has 0 aliphatic carbocycles. The number of halogens is 2. The summed E-state index contributed by atoms with van der Waals surface area (Å²) in [4.78, 5) is 9.31. The molecule has 3 atom stereocenters. The topological polar surface area (TPSA) is 52.4 Å². The summed E-state index contributed by atoms with van der Waals surface area (Å²) >= 11 is 0. The smallest absolute Gasteiger partial charge is 0.128 e. The van der Waals surface area contributed by atoms with Crippen molar-refractivity contribution >= 4 is 30.6 Å². The number of methoxy groups -OCH3 is 1. The van der Waals surface area contributed by atoms with Crippen LogP contribution < -0.4 is 9.64 Å². The Morgan fingerprint density at radius 3 is 2.41 bits per heavy atom. The number of fused-ring (bicyclic) bond motifs is 1. The lowest BCUT2D eigenvalue weighted by Gasteiger charge is -2.27. The van der Waals surface area contributed by atoms with E-state index in [-0.39, 0.29) is 24.8 Å². The summed E-state index contributed by atoms with van der Waals surface area (Å²) in [5.74, 6) is 3.12. The van der Waals surface area contributed by atoms with Crippen molar-refractivity contribution in [3.63, 3.8) is 0 Å². The first-order valence-corrected chi connectivity index (χ1v) is 8.65. The number of nitrogens with zero attached hydrogens (tertiary/aromatic N) is 4. The second-order valence-corrected chi connectivity index (χ2v) is 7.00. The molecule has 0 unspecified atom stereocenters. The van der Waals surface area contributed by atoms with Crippen LogP contribution in [0.25, 0.3) is 0 Å². The molecule has 0 spiro atoms.